The molecule has 2 aromatic rings. The molecule has 1 aromatic heterocycles. The maximum absolute atomic E-state index is 9.99. The van der Waals surface area contributed by atoms with Gasteiger partial charge in [-0.15, -0.1) is 0 Å². The van der Waals surface area contributed by atoms with Crippen LogP contribution in [0.1, 0.15) is 12.8 Å². The Hall–Kier alpha value is -1.81. The van der Waals surface area contributed by atoms with E-state index in [-0.39, 0.29) is 5.75 Å². The normalized spacial score (nSPS) is 19.9. The van der Waals surface area contributed by atoms with E-state index in [1.54, 1.807) is 12.3 Å². The van der Waals surface area contributed by atoms with E-state index in [1.165, 1.54) is 6.42 Å². The van der Waals surface area contributed by atoms with E-state index in [4.69, 9.17) is 0 Å². The zero-order chi connectivity index (χ0) is 12.4. The average Bonchev–Trinajstić information content (AvgIpc) is 2.40. The van der Waals surface area contributed by atoms with E-state index in [9.17, 15) is 5.11 Å². The molecule has 3 rings (SSSR count). The summed E-state index contributed by atoms with van der Waals surface area (Å²) in [7, 11) is 0. The van der Waals surface area contributed by atoms with Crippen LogP contribution in [0.5, 0.6) is 5.75 Å². The number of pyridine rings is 1. The minimum atomic E-state index is 0.284. The summed E-state index contributed by atoms with van der Waals surface area (Å²) in [5, 5.41) is 18.6. The molecule has 0 bridgehead atoms. The Morgan fingerprint density at radius 3 is 3.11 bits per heavy atom. The molecule has 2 heterocycles. The molecule has 1 atom stereocenters. The van der Waals surface area contributed by atoms with Crippen LogP contribution in [-0.2, 0) is 0 Å². The van der Waals surface area contributed by atoms with E-state index >= 15 is 0 Å². The number of phenols is 1. The zero-order valence-corrected chi connectivity index (χ0v) is 10.2. The molecule has 1 unspecified atom stereocenters. The third kappa shape index (κ3) is 2.11. The van der Waals surface area contributed by atoms with Gasteiger partial charge in [0.15, 0.2) is 0 Å². The van der Waals surface area contributed by atoms with Crippen molar-refractivity contribution < 1.29 is 5.11 Å². The van der Waals surface area contributed by atoms with Crippen molar-refractivity contribution in [1.29, 1.82) is 0 Å². The summed E-state index contributed by atoms with van der Waals surface area (Å²) >= 11 is 0. The van der Waals surface area contributed by atoms with Gasteiger partial charge in [-0.2, -0.15) is 0 Å². The standard InChI is InChI=1S/C14H17N3O/c18-12-5-1-3-10-6-8-16-14(13(10)12)17-11-4-2-7-15-9-11/h1,3,5-6,8,11,15,18H,2,4,7,9H2,(H,16,17). The molecule has 94 valence electrons. The maximum atomic E-state index is 9.99. The Balaban J connectivity index is 1.95. The number of aromatic nitrogens is 1. The van der Waals surface area contributed by atoms with Gasteiger partial charge in [0.25, 0.3) is 0 Å². The molecule has 1 fully saturated rings. The van der Waals surface area contributed by atoms with Gasteiger partial charge in [0, 0.05) is 18.8 Å². The third-order valence-electron chi connectivity index (χ3n) is 3.41. The van der Waals surface area contributed by atoms with Crippen molar-refractivity contribution in [3.8, 4) is 5.75 Å². The Labute approximate surface area is 106 Å². The van der Waals surface area contributed by atoms with Gasteiger partial charge in [-0.3, -0.25) is 0 Å². The van der Waals surface area contributed by atoms with E-state index in [0.717, 1.165) is 36.1 Å². The lowest BCUT2D eigenvalue weighted by Gasteiger charge is -2.24. The largest absolute Gasteiger partial charge is 0.507 e. The first kappa shape index (κ1) is 11.3. The van der Waals surface area contributed by atoms with Crippen LogP contribution in [0.15, 0.2) is 30.5 Å². The molecule has 1 aromatic carbocycles. The molecule has 0 saturated carbocycles. The summed E-state index contributed by atoms with van der Waals surface area (Å²) < 4.78 is 0. The number of fused-ring (bicyclic) bond motifs is 1. The van der Waals surface area contributed by atoms with E-state index < -0.39 is 0 Å². The highest BCUT2D eigenvalue weighted by molar-refractivity contribution is 5.96. The summed E-state index contributed by atoms with van der Waals surface area (Å²) in [6.07, 6.45) is 4.09. The van der Waals surface area contributed by atoms with Gasteiger partial charge in [-0.05, 0) is 36.9 Å². The monoisotopic (exact) mass is 243 g/mol. The lowest BCUT2D eigenvalue weighted by molar-refractivity contribution is 0.476. The van der Waals surface area contributed by atoms with Crippen LogP contribution in [-0.4, -0.2) is 29.2 Å². The number of hydrogen-bond acceptors (Lipinski definition) is 4. The molecular formula is C14H17N3O. The van der Waals surface area contributed by atoms with Gasteiger partial charge in [-0.1, -0.05) is 12.1 Å². The summed E-state index contributed by atoms with van der Waals surface area (Å²) in [6, 6.07) is 7.84. The first-order valence-electron chi connectivity index (χ1n) is 6.38. The summed E-state index contributed by atoms with van der Waals surface area (Å²) in [6.45, 7) is 2.04. The number of phenolic OH excluding ortho intramolecular Hbond substituents is 1. The lowest BCUT2D eigenvalue weighted by Crippen LogP contribution is -2.38. The second-order valence-electron chi connectivity index (χ2n) is 4.72. The van der Waals surface area contributed by atoms with Gasteiger partial charge in [0.05, 0.1) is 5.39 Å². The fourth-order valence-electron chi connectivity index (χ4n) is 2.49. The Morgan fingerprint density at radius 2 is 2.28 bits per heavy atom. The zero-order valence-electron chi connectivity index (χ0n) is 10.2. The van der Waals surface area contributed by atoms with Crippen molar-refractivity contribution in [3.05, 3.63) is 30.5 Å². The van der Waals surface area contributed by atoms with Crippen LogP contribution in [0.25, 0.3) is 10.8 Å². The fourth-order valence-corrected chi connectivity index (χ4v) is 2.49. The van der Waals surface area contributed by atoms with E-state index in [0.29, 0.717) is 6.04 Å². The molecule has 3 N–H and O–H groups in total. The molecule has 1 aliphatic heterocycles. The summed E-state index contributed by atoms with van der Waals surface area (Å²) in [5.74, 6) is 1.06. The summed E-state index contributed by atoms with van der Waals surface area (Å²) in [5.41, 5.74) is 0. The van der Waals surface area contributed by atoms with Gasteiger partial charge >= 0.3 is 0 Å². The molecule has 0 aliphatic carbocycles. The molecule has 1 saturated heterocycles. The van der Waals surface area contributed by atoms with Crippen LogP contribution in [0.2, 0.25) is 0 Å². The number of piperidine rings is 1. The lowest BCUT2D eigenvalue weighted by atomic mass is 10.1. The highest BCUT2D eigenvalue weighted by Gasteiger charge is 2.15. The van der Waals surface area contributed by atoms with Crippen LogP contribution in [0.4, 0.5) is 5.82 Å². The molecule has 1 aliphatic rings. The van der Waals surface area contributed by atoms with Crippen LogP contribution < -0.4 is 10.6 Å². The predicted octanol–water partition coefficient (Wildman–Crippen LogP) is 2.10. The molecule has 18 heavy (non-hydrogen) atoms. The molecule has 0 spiro atoms. The highest BCUT2D eigenvalue weighted by atomic mass is 16.3. The Kier molecular flexibility index (Phi) is 3.02. The van der Waals surface area contributed by atoms with Gasteiger partial charge in [0.2, 0.25) is 0 Å². The first-order chi connectivity index (χ1) is 8.84. The van der Waals surface area contributed by atoms with Gasteiger partial charge in [0.1, 0.15) is 11.6 Å². The van der Waals surface area contributed by atoms with Gasteiger partial charge < -0.3 is 15.7 Å². The Bertz CT molecular complexity index is 544. The van der Waals surface area contributed by atoms with Crippen LogP contribution in [0, 0.1) is 0 Å². The SMILES string of the molecule is Oc1cccc2ccnc(NC3CCCNC3)c12. The number of aromatic hydroxyl groups is 1. The van der Waals surface area contributed by atoms with Crippen molar-refractivity contribution in [2.45, 2.75) is 18.9 Å². The number of nitrogens with zero attached hydrogens (tertiary/aromatic N) is 1. The topological polar surface area (TPSA) is 57.2 Å². The molecular weight excluding hydrogens is 226 g/mol. The van der Waals surface area contributed by atoms with Crippen LogP contribution >= 0.6 is 0 Å². The van der Waals surface area contributed by atoms with Crippen molar-refractivity contribution in [2.75, 3.05) is 18.4 Å². The van der Waals surface area contributed by atoms with Crippen molar-refractivity contribution in [2.24, 2.45) is 0 Å². The molecule has 0 amide bonds. The second kappa shape index (κ2) is 4.82. The number of hydrogen-bond donors (Lipinski definition) is 3. The quantitative estimate of drug-likeness (QED) is 0.756. The molecule has 4 nitrogen and oxygen atoms in total. The van der Waals surface area contributed by atoms with Crippen molar-refractivity contribution >= 4 is 16.6 Å². The van der Waals surface area contributed by atoms with Gasteiger partial charge in [-0.25, -0.2) is 4.98 Å². The maximum Gasteiger partial charge on any atom is 0.137 e. The number of anilines is 1. The van der Waals surface area contributed by atoms with Crippen molar-refractivity contribution in [3.63, 3.8) is 0 Å². The van der Waals surface area contributed by atoms with E-state index in [1.807, 2.05) is 18.2 Å². The third-order valence-corrected chi connectivity index (χ3v) is 3.41. The van der Waals surface area contributed by atoms with E-state index in [2.05, 4.69) is 15.6 Å². The highest BCUT2D eigenvalue weighted by Crippen LogP contribution is 2.30. The number of benzene rings is 1. The summed E-state index contributed by atoms with van der Waals surface area (Å²) in [4.78, 5) is 4.36. The molecule has 0 radical (unpaired) electrons. The minimum absolute atomic E-state index is 0.284. The first-order valence-corrected chi connectivity index (χ1v) is 6.38. The molecule has 4 heteroatoms. The Morgan fingerprint density at radius 1 is 1.33 bits per heavy atom. The number of rotatable bonds is 2. The second-order valence-corrected chi connectivity index (χ2v) is 4.72. The smallest absolute Gasteiger partial charge is 0.137 e. The fraction of sp³-hybridized carbons (Fsp3) is 0.357. The minimum Gasteiger partial charge on any atom is -0.507 e. The average molecular weight is 243 g/mol. The van der Waals surface area contributed by atoms with Crippen molar-refractivity contribution in [1.82, 2.24) is 10.3 Å². The number of nitrogens with one attached hydrogen (secondary N) is 2. The predicted molar refractivity (Wildman–Crippen MR) is 72.9 cm³/mol. The van der Waals surface area contributed by atoms with Crippen LogP contribution in [0.3, 0.4) is 0 Å².